The molecule has 0 spiro atoms. The quantitative estimate of drug-likeness (QED) is 0.866. The highest BCUT2D eigenvalue weighted by atomic mass is 16.5. The van der Waals surface area contributed by atoms with Gasteiger partial charge in [0, 0.05) is 39.6 Å². The number of hydrogen-bond donors (Lipinski definition) is 1. The number of methoxy groups -OCH3 is 1. The molecule has 2 aliphatic rings. The predicted octanol–water partition coefficient (Wildman–Crippen LogP) is 0.653. The molecule has 120 valence electrons. The van der Waals surface area contributed by atoms with Crippen LogP contribution in [-0.2, 0) is 27.3 Å². The summed E-state index contributed by atoms with van der Waals surface area (Å²) in [6.45, 7) is 2.40. The van der Waals surface area contributed by atoms with Gasteiger partial charge in [-0.25, -0.2) is 4.98 Å². The summed E-state index contributed by atoms with van der Waals surface area (Å²) in [4.78, 5) is 30.4. The molecular formula is C15H22N4O3. The van der Waals surface area contributed by atoms with Crippen molar-refractivity contribution in [3.63, 3.8) is 0 Å². The topological polar surface area (TPSA) is 76.5 Å². The standard InChI is InChI=1S/C15H22N4O3/c1-22-7-6-18-10-11(8-14(18)20)15(21)17-13-9-16-12-4-2-3-5-19(12)13/h9,11H,2-8,10H2,1H3,(H,17,21). The van der Waals surface area contributed by atoms with Gasteiger partial charge in [0.2, 0.25) is 11.8 Å². The number of fused-ring (bicyclic) bond motifs is 1. The zero-order valence-corrected chi connectivity index (χ0v) is 12.9. The Balaban J connectivity index is 1.61. The second kappa shape index (κ2) is 6.48. The van der Waals surface area contributed by atoms with Gasteiger partial charge in [0.15, 0.2) is 0 Å². The molecule has 1 fully saturated rings. The first-order chi connectivity index (χ1) is 10.7. The molecule has 1 aromatic heterocycles. The maximum absolute atomic E-state index is 12.4. The van der Waals surface area contributed by atoms with E-state index in [0.29, 0.717) is 19.7 Å². The van der Waals surface area contributed by atoms with E-state index in [9.17, 15) is 9.59 Å². The highest BCUT2D eigenvalue weighted by Gasteiger charge is 2.34. The fourth-order valence-electron chi connectivity index (χ4n) is 3.11. The van der Waals surface area contributed by atoms with Crippen LogP contribution < -0.4 is 5.32 Å². The van der Waals surface area contributed by atoms with Crippen molar-refractivity contribution in [2.24, 2.45) is 5.92 Å². The molecule has 0 aromatic carbocycles. The molecule has 0 bridgehead atoms. The van der Waals surface area contributed by atoms with Crippen LogP contribution in [-0.4, -0.2) is 53.1 Å². The van der Waals surface area contributed by atoms with E-state index < -0.39 is 0 Å². The lowest BCUT2D eigenvalue weighted by Crippen LogP contribution is -2.31. The number of nitrogens with zero attached hydrogens (tertiary/aromatic N) is 3. The molecule has 7 nitrogen and oxygen atoms in total. The van der Waals surface area contributed by atoms with Crippen molar-refractivity contribution < 1.29 is 14.3 Å². The van der Waals surface area contributed by atoms with Gasteiger partial charge in [0.1, 0.15) is 11.6 Å². The Morgan fingerprint density at radius 1 is 1.50 bits per heavy atom. The monoisotopic (exact) mass is 306 g/mol. The molecule has 1 N–H and O–H groups in total. The van der Waals surface area contributed by atoms with E-state index in [-0.39, 0.29) is 24.2 Å². The number of aromatic nitrogens is 2. The van der Waals surface area contributed by atoms with E-state index in [1.165, 1.54) is 0 Å². The third kappa shape index (κ3) is 2.99. The molecule has 0 radical (unpaired) electrons. The molecular weight excluding hydrogens is 284 g/mol. The normalized spacial score (nSPS) is 21.0. The van der Waals surface area contributed by atoms with E-state index in [0.717, 1.165) is 37.4 Å². The molecule has 1 unspecified atom stereocenters. The minimum Gasteiger partial charge on any atom is -0.383 e. The minimum atomic E-state index is -0.293. The summed E-state index contributed by atoms with van der Waals surface area (Å²) in [5.74, 6) is 1.42. The van der Waals surface area contributed by atoms with Crippen LogP contribution in [0.25, 0.3) is 0 Å². The number of nitrogens with one attached hydrogen (secondary N) is 1. The maximum Gasteiger partial charge on any atom is 0.230 e. The molecule has 7 heteroatoms. The van der Waals surface area contributed by atoms with Crippen molar-refractivity contribution in [3.05, 3.63) is 12.0 Å². The van der Waals surface area contributed by atoms with Crippen LogP contribution in [0.4, 0.5) is 5.82 Å². The number of anilines is 1. The van der Waals surface area contributed by atoms with Gasteiger partial charge in [-0.3, -0.25) is 9.59 Å². The van der Waals surface area contributed by atoms with Gasteiger partial charge in [0.25, 0.3) is 0 Å². The molecule has 3 heterocycles. The number of hydrogen-bond acceptors (Lipinski definition) is 4. The van der Waals surface area contributed by atoms with Crippen LogP contribution in [0.3, 0.4) is 0 Å². The lowest BCUT2D eigenvalue weighted by Gasteiger charge is -2.18. The smallest absolute Gasteiger partial charge is 0.230 e. The van der Waals surface area contributed by atoms with Gasteiger partial charge >= 0.3 is 0 Å². The highest BCUT2D eigenvalue weighted by molar-refractivity contribution is 5.96. The molecule has 22 heavy (non-hydrogen) atoms. The van der Waals surface area contributed by atoms with Crippen molar-refractivity contribution >= 4 is 17.6 Å². The second-order valence-electron chi connectivity index (χ2n) is 5.89. The van der Waals surface area contributed by atoms with Crippen molar-refractivity contribution in [2.45, 2.75) is 32.2 Å². The van der Waals surface area contributed by atoms with Gasteiger partial charge < -0.3 is 19.5 Å². The third-order valence-electron chi connectivity index (χ3n) is 4.37. The average molecular weight is 306 g/mol. The number of carbonyl (C=O) groups is 2. The van der Waals surface area contributed by atoms with Gasteiger partial charge in [-0.2, -0.15) is 0 Å². The SMILES string of the molecule is COCCN1CC(C(=O)Nc2cnc3n2CCCC3)CC1=O. The van der Waals surface area contributed by atoms with E-state index in [2.05, 4.69) is 14.9 Å². The summed E-state index contributed by atoms with van der Waals surface area (Å²) < 4.78 is 7.06. The number of rotatable bonds is 5. The Labute approximate surface area is 129 Å². The molecule has 1 atom stereocenters. The van der Waals surface area contributed by atoms with E-state index in [4.69, 9.17) is 4.74 Å². The first-order valence-corrected chi connectivity index (χ1v) is 7.81. The molecule has 0 saturated carbocycles. The number of ether oxygens (including phenoxy) is 1. The van der Waals surface area contributed by atoms with Gasteiger partial charge in [-0.1, -0.05) is 0 Å². The maximum atomic E-state index is 12.4. The van der Waals surface area contributed by atoms with Crippen LogP contribution in [0.15, 0.2) is 6.20 Å². The third-order valence-corrected chi connectivity index (χ3v) is 4.37. The minimum absolute atomic E-state index is 0.0208. The molecule has 0 aliphatic carbocycles. The summed E-state index contributed by atoms with van der Waals surface area (Å²) in [5, 5.41) is 2.94. The number of carbonyl (C=O) groups excluding carboxylic acids is 2. The van der Waals surface area contributed by atoms with E-state index in [1.807, 2.05) is 0 Å². The summed E-state index contributed by atoms with van der Waals surface area (Å²) in [5.41, 5.74) is 0. The van der Waals surface area contributed by atoms with Crippen LogP contribution in [0, 0.1) is 5.92 Å². The number of amides is 2. The lowest BCUT2D eigenvalue weighted by atomic mass is 10.1. The Bertz CT molecular complexity index is 569. The Morgan fingerprint density at radius 3 is 3.18 bits per heavy atom. The summed E-state index contributed by atoms with van der Waals surface area (Å²) in [7, 11) is 1.60. The number of likely N-dealkylation sites (tertiary alicyclic amines) is 1. The van der Waals surface area contributed by atoms with Crippen LogP contribution >= 0.6 is 0 Å². The fourth-order valence-corrected chi connectivity index (χ4v) is 3.11. The van der Waals surface area contributed by atoms with Crippen molar-refractivity contribution in [1.82, 2.24) is 14.5 Å². The summed E-state index contributed by atoms with van der Waals surface area (Å²) in [6.07, 6.45) is 5.21. The van der Waals surface area contributed by atoms with E-state index in [1.54, 1.807) is 18.2 Å². The Kier molecular flexibility index (Phi) is 4.42. The predicted molar refractivity (Wildman–Crippen MR) is 80.4 cm³/mol. The molecule has 1 aromatic rings. The first kappa shape index (κ1) is 15.0. The van der Waals surface area contributed by atoms with E-state index >= 15 is 0 Å². The molecule has 3 rings (SSSR count). The van der Waals surface area contributed by atoms with Crippen molar-refractivity contribution in [3.8, 4) is 0 Å². The average Bonchev–Trinajstić information content (AvgIpc) is 3.10. The molecule has 1 saturated heterocycles. The lowest BCUT2D eigenvalue weighted by molar-refractivity contribution is -0.128. The zero-order valence-electron chi connectivity index (χ0n) is 12.9. The Hall–Kier alpha value is -1.89. The first-order valence-electron chi connectivity index (χ1n) is 7.81. The summed E-state index contributed by atoms with van der Waals surface area (Å²) >= 11 is 0. The number of aryl methyl sites for hydroxylation is 1. The van der Waals surface area contributed by atoms with Crippen LogP contribution in [0.5, 0.6) is 0 Å². The van der Waals surface area contributed by atoms with Gasteiger partial charge in [-0.05, 0) is 12.8 Å². The van der Waals surface area contributed by atoms with Crippen molar-refractivity contribution in [2.75, 3.05) is 32.1 Å². The molecule has 2 aliphatic heterocycles. The van der Waals surface area contributed by atoms with Crippen LogP contribution in [0.2, 0.25) is 0 Å². The summed E-state index contributed by atoms with van der Waals surface area (Å²) in [6, 6.07) is 0. The number of imidazole rings is 1. The largest absolute Gasteiger partial charge is 0.383 e. The van der Waals surface area contributed by atoms with Gasteiger partial charge in [0.05, 0.1) is 18.7 Å². The van der Waals surface area contributed by atoms with Gasteiger partial charge in [-0.15, -0.1) is 0 Å². The van der Waals surface area contributed by atoms with Crippen molar-refractivity contribution in [1.29, 1.82) is 0 Å². The Morgan fingerprint density at radius 2 is 2.36 bits per heavy atom. The molecule has 2 amide bonds. The highest BCUT2D eigenvalue weighted by Crippen LogP contribution is 2.22. The zero-order chi connectivity index (χ0) is 15.5. The second-order valence-corrected chi connectivity index (χ2v) is 5.89. The van der Waals surface area contributed by atoms with Crippen LogP contribution in [0.1, 0.15) is 25.1 Å². The fraction of sp³-hybridized carbons (Fsp3) is 0.667.